The Morgan fingerprint density at radius 1 is 1.55 bits per heavy atom. The largest absolute Gasteiger partial charge is 0.351 e. The predicted molar refractivity (Wildman–Crippen MR) is 39.7 cm³/mol. The first-order valence-corrected chi connectivity index (χ1v) is 3.71. The zero-order valence-corrected chi connectivity index (χ0v) is 6.52. The average Bonchev–Trinajstić information content (AvgIpc) is 2.65. The third-order valence-electron chi connectivity index (χ3n) is 2.25. The lowest BCUT2D eigenvalue weighted by Crippen LogP contribution is -2.39. The van der Waals surface area contributed by atoms with Gasteiger partial charge in [-0.1, -0.05) is 6.92 Å². The van der Waals surface area contributed by atoms with Crippen LogP contribution in [0.2, 0.25) is 0 Å². The van der Waals surface area contributed by atoms with E-state index in [1.54, 1.807) is 0 Å². The molecule has 0 unspecified atom stereocenters. The molecule has 0 atom stereocenters. The van der Waals surface area contributed by atoms with Gasteiger partial charge in [-0.3, -0.25) is 10.1 Å². The lowest BCUT2D eigenvalue weighted by Gasteiger charge is -2.09. The van der Waals surface area contributed by atoms with Gasteiger partial charge in [-0.2, -0.15) is 0 Å². The highest BCUT2D eigenvalue weighted by Crippen LogP contribution is 2.48. The smallest absolute Gasteiger partial charge is 0.318 e. The second-order valence-corrected chi connectivity index (χ2v) is 2.95. The molecule has 0 spiro atoms. The van der Waals surface area contributed by atoms with E-state index in [0.717, 1.165) is 19.3 Å². The molecule has 3 amide bonds. The van der Waals surface area contributed by atoms with Crippen molar-refractivity contribution in [3.8, 4) is 0 Å². The Balaban J connectivity index is 2.48. The van der Waals surface area contributed by atoms with Crippen molar-refractivity contribution in [2.45, 2.75) is 26.2 Å². The highest BCUT2D eigenvalue weighted by Gasteiger charge is 2.48. The monoisotopic (exact) mass is 156 g/mol. The van der Waals surface area contributed by atoms with E-state index in [9.17, 15) is 9.59 Å². The van der Waals surface area contributed by atoms with Crippen molar-refractivity contribution in [2.75, 3.05) is 0 Å². The number of carbonyl (C=O) groups excluding carboxylic acids is 2. The third-order valence-corrected chi connectivity index (χ3v) is 2.25. The van der Waals surface area contributed by atoms with Crippen LogP contribution in [0.5, 0.6) is 0 Å². The number of rotatable bonds is 2. The Morgan fingerprint density at radius 3 is 2.36 bits per heavy atom. The summed E-state index contributed by atoms with van der Waals surface area (Å²) in [5.74, 6) is -0.215. The Morgan fingerprint density at radius 2 is 2.09 bits per heavy atom. The van der Waals surface area contributed by atoms with Gasteiger partial charge in [-0.25, -0.2) is 4.79 Å². The first kappa shape index (κ1) is 8.04. The first-order valence-electron chi connectivity index (χ1n) is 3.71. The molecule has 0 aromatic rings. The van der Waals surface area contributed by atoms with Gasteiger partial charge in [0.2, 0.25) is 5.91 Å². The molecule has 3 N–H and O–H groups in total. The number of amides is 3. The molecule has 4 heteroatoms. The molecule has 0 bridgehead atoms. The van der Waals surface area contributed by atoms with Gasteiger partial charge < -0.3 is 5.73 Å². The van der Waals surface area contributed by atoms with Crippen LogP contribution in [0.3, 0.4) is 0 Å². The fourth-order valence-corrected chi connectivity index (χ4v) is 1.14. The fourth-order valence-electron chi connectivity index (χ4n) is 1.14. The molecular weight excluding hydrogens is 144 g/mol. The van der Waals surface area contributed by atoms with Gasteiger partial charge in [-0.15, -0.1) is 0 Å². The topological polar surface area (TPSA) is 72.2 Å². The molecule has 0 radical (unpaired) electrons. The van der Waals surface area contributed by atoms with E-state index in [1.165, 1.54) is 0 Å². The number of primary amides is 1. The maximum Gasteiger partial charge on any atom is 0.318 e. The minimum atomic E-state index is -0.755. The Kier molecular flexibility index (Phi) is 1.85. The van der Waals surface area contributed by atoms with Crippen LogP contribution in [-0.2, 0) is 4.79 Å². The third kappa shape index (κ3) is 1.50. The van der Waals surface area contributed by atoms with E-state index in [4.69, 9.17) is 5.73 Å². The molecule has 1 aliphatic rings. The zero-order chi connectivity index (χ0) is 8.48. The fraction of sp³-hybridized carbons (Fsp3) is 0.714. The molecule has 4 nitrogen and oxygen atoms in total. The van der Waals surface area contributed by atoms with E-state index in [-0.39, 0.29) is 11.3 Å². The molecule has 62 valence electrons. The highest BCUT2D eigenvalue weighted by molar-refractivity contribution is 5.97. The second-order valence-electron chi connectivity index (χ2n) is 2.95. The summed E-state index contributed by atoms with van der Waals surface area (Å²) in [5, 5.41) is 2.10. The zero-order valence-electron chi connectivity index (χ0n) is 6.52. The van der Waals surface area contributed by atoms with Crippen molar-refractivity contribution in [2.24, 2.45) is 11.1 Å². The van der Waals surface area contributed by atoms with Crippen LogP contribution in [0.15, 0.2) is 0 Å². The normalized spacial score (nSPS) is 19.0. The van der Waals surface area contributed by atoms with Gasteiger partial charge in [0.15, 0.2) is 0 Å². The number of nitrogens with one attached hydrogen (secondary N) is 1. The van der Waals surface area contributed by atoms with Crippen molar-refractivity contribution >= 4 is 11.9 Å². The molecule has 1 aliphatic carbocycles. The highest BCUT2D eigenvalue weighted by atomic mass is 16.2. The van der Waals surface area contributed by atoms with Crippen LogP contribution in [0, 0.1) is 5.41 Å². The maximum absolute atomic E-state index is 11.2. The molecule has 0 aliphatic heterocycles. The summed E-state index contributed by atoms with van der Waals surface area (Å²) < 4.78 is 0. The van der Waals surface area contributed by atoms with Crippen LogP contribution in [0.25, 0.3) is 0 Å². The number of urea groups is 1. The molecule has 0 heterocycles. The van der Waals surface area contributed by atoms with Crippen molar-refractivity contribution in [3.63, 3.8) is 0 Å². The standard InChI is InChI=1S/C7H12N2O2/c1-2-7(3-4-7)5(10)9-6(8)11/h2-4H2,1H3,(H3,8,9,10,11). The number of nitrogens with two attached hydrogens (primary N) is 1. The van der Waals surface area contributed by atoms with Crippen molar-refractivity contribution in [1.29, 1.82) is 0 Å². The lowest BCUT2D eigenvalue weighted by molar-refractivity contribution is -0.125. The first-order chi connectivity index (χ1) is 5.10. The molecule has 1 saturated carbocycles. The van der Waals surface area contributed by atoms with E-state index in [0.29, 0.717) is 0 Å². The minimum Gasteiger partial charge on any atom is -0.351 e. The van der Waals surface area contributed by atoms with Gasteiger partial charge in [0.1, 0.15) is 0 Å². The molecule has 0 aromatic heterocycles. The molecule has 0 aromatic carbocycles. The Hall–Kier alpha value is -1.06. The van der Waals surface area contributed by atoms with Gasteiger partial charge in [-0.05, 0) is 19.3 Å². The summed E-state index contributed by atoms with van der Waals surface area (Å²) >= 11 is 0. The quantitative estimate of drug-likeness (QED) is 0.606. The summed E-state index contributed by atoms with van der Waals surface area (Å²) in [5.41, 5.74) is 4.53. The van der Waals surface area contributed by atoms with Gasteiger partial charge in [0.05, 0.1) is 0 Å². The summed E-state index contributed by atoms with van der Waals surface area (Å²) in [6, 6.07) is -0.755. The van der Waals surface area contributed by atoms with Crippen molar-refractivity contribution in [3.05, 3.63) is 0 Å². The maximum atomic E-state index is 11.2. The van der Waals surface area contributed by atoms with Crippen LogP contribution < -0.4 is 11.1 Å². The number of hydrogen-bond acceptors (Lipinski definition) is 2. The molecule has 11 heavy (non-hydrogen) atoms. The number of imide groups is 1. The van der Waals surface area contributed by atoms with E-state index < -0.39 is 6.03 Å². The van der Waals surface area contributed by atoms with Crippen molar-refractivity contribution in [1.82, 2.24) is 5.32 Å². The second kappa shape index (κ2) is 2.53. The molecule has 1 rings (SSSR count). The van der Waals surface area contributed by atoms with Gasteiger partial charge >= 0.3 is 6.03 Å². The Bertz CT molecular complexity index is 197. The molecule has 0 saturated heterocycles. The van der Waals surface area contributed by atoms with E-state index in [1.807, 2.05) is 6.92 Å². The summed E-state index contributed by atoms with van der Waals surface area (Å²) in [4.78, 5) is 21.4. The van der Waals surface area contributed by atoms with Crippen LogP contribution in [0.1, 0.15) is 26.2 Å². The average molecular weight is 156 g/mol. The Labute approximate surface area is 65.1 Å². The van der Waals surface area contributed by atoms with Gasteiger partial charge in [0, 0.05) is 5.41 Å². The van der Waals surface area contributed by atoms with Crippen molar-refractivity contribution < 1.29 is 9.59 Å². The van der Waals surface area contributed by atoms with E-state index in [2.05, 4.69) is 5.32 Å². The molecular formula is C7H12N2O2. The predicted octanol–water partition coefficient (Wildman–Crippen LogP) is 0.372. The molecule has 1 fully saturated rings. The number of hydrogen-bond donors (Lipinski definition) is 2. The van der Waals surface area contributed by atoms with Crippen LogP contribution in [0.4, 0.5) is 4.79 Å². The summed E-state index contributed by atoms with van der Waals surface area (Å²) in [7, 11) is 0. The minimum absolute atomic E-state index is 0.215. The lowest BCUT2D eigenvalue weighted by atomic mass is 10.0. The van der Waals surface area contributed by atoms with Crippen LogP contribution >= 0.6 is 0 Å². The summed E-state index contributed by atoms with van der Waals surface area (Å²) in [6.45, 7) is 1.94. The summed E-state index contributed by atoms with van der Waals surface area (Å²) in [6.07, 6.45) is 2.54. The SMILES string of the molecule is CCC1(C(=O)NC(N)=O)CC1. The van der Waals surface area contributed by atoms with Gasteiger partial charge in [0.25, 0.3) is 0 Å². The van der Waals surface area contributed by atoms with E-state index >= 15 is 0 Å². The number of carbonyl (C=O) groups is 2. The van der Waals surface area contributed by atoms with Crippen LogP contribution in [-0.4, -0.2) is 11.9 Å².